The summed E-state index contributed by atoms with van der Waals surface area (Å²) < 4.78 is 16.1. The number of anilines is 1. The van der Waals surface area contributed by atoms with Crippen molar-refractivity contribution in [2.75, 3.05) is 25.7 Å². The third kappa shape index (κ3) is 4.05. The molecule has 27 heavy (non-hydrogen) atoms. The van der Waals surface area contributed by atoms with Crippen LogP contribution in [0.4, 0.5) is 5.69 Å². The number of benzene rings is 2. The van der Waals surface area contributed by atoms with Crippen molar-refractivity contribution < 1.29 is 23.8 Å². The molecule has 1 aliphatic rings. The number of hydrogen-bond donors (Lipinski definition) is 0. The summed E-state index contributed by atoms with van der Waals surface area (Å²) in [5.41, 5.74) is 2.65. The Morgan fingerprint density at radius 3 is 2.33 bits per heavy atom. The first kappa shape index (κ1) is 18.8. The molecule has 2 aromatic carbocycles. The largest absolute Gasteiger partial charge is 0.497 e. The second-order valence-electron chi connectivity index (χ2n) is 6.69. The van der Waals surface area contributed by atoms with Gasteiger partial charge in [0.15, 0.2) is 0 Å². The summed E-state index contributed by atoms with van der Waals surface area (Å²) in [6.07, 6.45) is 0.110. The molecule has 6 heteroatoms. The van der Waals surface area contributed by atoms with E-state index in [1.54, 1.807) is 30.2 Å². The summed E-state index contributed by atoms with van der Waals surface area (Å²) in [5.74, 6) is 0.596. The Kier molecular flexibility index (Phi) is 5.35. The summed E-state index contributed by atoms with van der Waals surface area (Å²) in [7, 11) is 3.10. The molecule has 1 unspecified atom stereocenters. The van der Waals surface area contributed by atoms with E-state index in [-0.39, 0.29) is 18.9 Å². The molecule has 0 aliphatic carbocycles. The summed E-state index contributed by atoms with van der Waals surface area (Å²) >= 11 is 0. The van der Waals surface area contributed by atoms with Gasteiger partial charge in [0, 0.05) is 19.0 Å². The van der Waals surface area contributed by atoms with E-state index in [2.05, 4.69) is 0 Å². The van der Waals surface area contributed by atoms with Gasteiger partial charge in [-0.15, -0.1) is 0 Å². The third-order valence-electron chi connectivity index (χ3n) is 4.55. The van der Waals surface area contributed by atoms with E-state index < -0.39 is 11.9 Å². The maximum atomic E-state index is 12.6. The SMILES string of the molecule is COc1ccc(N2CC(C(=O)Oc3cc(C)cc(C)c3)CC2=O)c(OC)c1. The molecule has 0 bridgehead atoms. The molecule has 1 saturated heterocycles. The quantitative estimate of drug-likeness (QED) is 0.598. The molecule has 2 aromatic rings. The number of carbonyl (C=O) groups excluding carboxylic acids is 2. The van der Waals surface area contributed by atoms with Gasteiger partial charge in [-0.3, -0.25) is 9.59 Å². The molecular weight excluding hydrogens is 346 g/mol. The van der Waals surface area contributed by atoms with Gasteiger partial charge in [0.05, 0.1) is 25.8 Å². The van der Waals surface area contributed by atoms with Crippen LogP contribution < -0.4 is 19.1 Å². The molecule has 0 N–H and O–H groups in total. The van der Waals surface area contributed by atoms with Crippen LogP contribution >= 0.6 is 0 Å². The number of carbonyl (C=O) groups is 2. The lowest BCUT2D eigenvalue weighted by Crippen LogP contribution is -2.27. The Labute approximate surface area is 158 Å². The number of amides is 1. The van der Waals surface area contributed by atoms with E-state index >= 15 is 0 Å². The van der Waals surface area contributed by atoms with Gasteiger partial charge in [-0.1, -0.05) is 6.07 Å². The maximum Gasteiger partial charge on any atom is 0.316 e. The van der Waals surface area contributed by atoms with Gasteiger partial charge in [-0.05, 0) is 49.2 Å². The second-order valence-corrected chi connectivity index (χ2v) is 6.69. The van der Waals surface area contributed by atoms with E-state index in [4.69, 9.17) is 14.2 Å². The number of rotatable bonds is 5. The van der Waals surface area contributed by atoms with Crippen molar-refractivity contribution in [3.05, 3.63) is 47.5 Å². The fourth-order valence-corrected chi connectivity index (χ4v) is 3.30. The molecule has 6 nitrogen and oxygen atoms in total. The average Bonchev–Trinajstić information content (AvgIpc) is 3.02. The van der Waals surface area contributed by atoms with Gasteiger partial charge < -0.3 is 19.1 Å². The predicted octanol–water partition coefficient (Wildman–Crippen LogP) is 3.28. The standard InChI is InChI=1S/C21H23NO5/c1-13-7-14(2)9-17(8-13)27-21(24)15-10-20(23)22(12-15)18-6-5-16(25-3)11-19(18)26-4/h5-9,11,15H,10,12H2,1-4H3. The van der Waals surface area contributed by atoms with Crippen molar-refractivity contribution in [1.82, 2.24) is 0 Å². The van der Waals surface area contributed by atoms with Crippen LogP contribution in [0.15, 0.2) is 36.4 Å². The van der Waals surface area contributed by atoms with Crippen LogP contribution in [0.1, 0.15) is 17.5 Å². The Morgan fingerprint density at radius 2 is 1.70 bits per heavy atom. The molecule has 0 saturated carbocycles. The van der Waals surface area contributed by atoms with Crippen LogP contribution in [-0.4, -0.2) is 32.6 Å². The molecule has 1 amide bonds. The first-order chi connectivity index (χ1) is 12.9. The number of esters is 1. The fourth-order valence-electron chi connectivity index (χ4n) is 3.30. The summed E-state index contributed by atoms with van der Waals surface area (Å²) in [6, 6.07) is 10.9. The van der Waals surface area contributed by atoms with Gasteiger partial charge >= 0.3 is 5.97 Å². The highest BCUT2D eigenvalue weighted by Gasteiger charge is 2.37. The van der Waals surface area contributed by atoms with Gasteiger partial charge in [0.1, 0.15) is 17.2 Å². The summed E-state index contributed by atoms with van der Waals surface area (Å²) in [6.45, 7) is 4.15. The van der Waals surface area contributed by atoms with Crippen LogP contribution in [0.2, 0.25) is 0 Å². The zero-order valence-corrected chi connectivity index (χ0v) is 15.9. The van der Waals surface area contributed by atoms with Crippen LogP contribution in [0.25, 0.3) is 0 Å². The van der Waals surface area contributed by atoms with Crippen LogP contribution in [-0.2, 0) is 9.59 Å². The average molecular weight is 369 g/mol. The Bertz CT molecular complexity index is 857. The van der Waals surface area contributed by atoms with Crippen molar-refractivity contribution in [3.63, 3.8) is 0 Å². The molecule has 1 fully saturated rings. The minimum absolute atomic E-state index is 0.110. The van der Waals surface area contributed by atoms with Crippen molar-refractivity contribution in [2.24, 2.45) is 5.92 Å². The highest BCUT2D eigenvalue weighted by Crippen LogP contribution is 2.36. The molecule has 0 spiro atoms. The van der Waals surface area contributed by atoms with Crippen molar-refractivity contribution in [3.8, 4) is 17.2 Å². The van der Waals surface area contributed by atoms with Crippen LogP contribution in [0.5, 0.6) is 17.2 Å². The molecule has 0 radical (unpaired) electrons. The Hall–Kier alpha value is -3.02. The maximum absolute atomic E-state index is 12.6. The smallest absolute Gasteiger partial charge is 0.316 e. The number of ether oxygens (including phenoxy) is 3. The lowest BCUT2D eigenvalue weighted by Gasteiger charge is -2.20. The molecule has 1 aliphatic heterocycles. The minimum Gasteiger partial charge on any atom is -0.497 e. The van der Waals surface area contributed by atoms with Crippen LogP contribution in [0.3, 0.4) is 0 Å². The number of nitrogens with zero attached hydrogens (tertiary/aromatic N) is 1. The summed E-state index contributed by atoms with van der Waals surface area (Å²) in [4.78, 5) is 26.6. The van der Waals surface area contributed by atoms with Crippen molar-refractivity contribution in [2.45, 2.75) is 20.3 Å². The highest BCUT2D eigenvalue weighted by molar-refractivity contribution is 6.00. The molecule has 0 aromatic heterocycles. The molecule has 1 atom stereocenters. The molecular formula is C21H23NO5. The normalized spacial score (nSPS) is 16.4. The molecule has 142 valence electrons. The minimum atomic E-state index is -0.523. The van der Waals surface area contributed by atoms with Gasteiger partial charge in [-0.25, -0.2) is 0 Å². The predicted molar refractivity (Wildman–Crippen MR) is 102 cm³/mol. The zero-order valence-electron chi connectivity index (χ0n) is 15.9. The van der Waals surface area contributed by atoms with Crippen molar-refractivity contribution >= 4 is 17.6 Å². The van der Waals surface area contributed by atoms with E-state index in [0.29, 0.717) is 22.9 Å². The zero-order chi connectivity index (χ0) is 19.6. The highest BCUT2D eigenvalue weighted by atomic mass is 16.5. The lowest BCUT2D eigenvalue weighted by molar-refractivity contribution is -0.139. The Balaban J connectivity index is 1.76. The molecule has 3 rings (SSSR count). The molecule has 1 heterocycles. The fraction of sp³-hybridized carbons (Fsp3) is 0.333. The number of methoxy groups -OCH3 is 2. The summed E-state index contributed by atoms with van der Waals surface area (Å²) in [5, 5.41) is 0. The lowest BCUT2D eigenvalue weighted by atomic mass is 10.1. The van der Waals surface area contributed by atoms with E-state index in [0.717, 1.165) is 11.1 Å². The monoisotopic (exact) mass is 369 g/mol. The van der Waals surface area contributed by atoms with Gasteiger partial charge in [-0.2, -0.15) is 0 Å². The topological polar surface area (TPSA) is 65.1 Å². The van der Waals surface area contributed by atoms with E-state index in [1.807, 2.05) is 32.0 Å². The van der Waals surface area contributed by atoms with E-state index in [1.165, 1.54) is 7.11 Å². The Morgan fingerprint density at radius 1 is 1.00 bits per heavy atom. The van der Waals surface area contributed by atoms with Gasteiger partial charge in [0.25, 0.3) is 0 Å². The third-order valence-corrected chi connectivity index (χ3v) is 4.55. The van der Waals surface area contributed by atoms with Gasteiger partial charge in [0.2, 0.25) is 5.91 Å². The van der Waals surface area contributed by atoms with E-state index in [9.17, 15) is 9.59 Å². The second kappa shape index (κ2) is 7.70. The first-order valence-corrected chi connectivity index (χ1v) is 8.73. The first-order valence-electron chi connectivity index (χ1n) is 8.73. The van der Waals surface area contributed by atoms with Crippen molar-refractivity contribution in [1.29, 1.82) is 0 Å². The number of hydrogen-bond acceptors (Lipinski definition) is 5. The van der Waals surface area contributed by atoms with Crippen LogP contribution in [0, 0.1) is 19.8 Å². The number of aryl methyl sites for hydroxylation is 2.